The Morgan fingerprint density at radius 3 is 2.52 bits per heavy atom. The summed E-state index contributed by atoms with van der Waals surface area (Å²) in [7, 11) is -3.32. The molecular formula is C15H20ClNO3S. The maximum absolute atomic E-state index is 12.4. The third-order valence-corrected chi connectivity index (χ3v) is 5.59. The summed E-state index contributed by atoms with van der Waals surface area (Å²) in [5, 5.41) is 3.01. The molecule has 4 nitrogen and oxygen atoms in total. The second-order valence-corrected chi connectivity index (χ2v) is 8.01. The zero-order valence-electron chi connectivity index (χ0n) is 12.1. The lowest BCUT2D eigenvalue weighted by Crippen LogP contribution is -2.51. The van der Waals surface area contributed by atoms with E-state index in [0.717, 1.165) is 38.4 Å². The molecule has 21 heavy (non-hydrogen) atoms. The molecule has 2 rings (SSSR count). The molecular weight excluding hydrogens is 310 g/mol. The van der Waals surface area contributed by atoms with Crippen molar-refractivity contribution in [3.8, 4) is 0 Å². The molecule has 6 heteroatoms. The number of benzene rings is 1. The summed E-state index contributed by atoms with van der Waals surface area (Å²) in [5.74, 6) is 0.118. The van der Waals surface area contributed by atoms with E-state index in [2.05, 4.69) is 5.32 Å². The van der Waals surface area contributed by atoms with Crippen LogP contribution in [0.1, 0.15) is 42.5 Å². The van der Waals surface area contributed by atoms with Gasteiger partial charge in [0.25, 0.3) is 5.91 Å². The number of hydrogen-bond acceptors (Lipinski definition) is 3. The Balaban J connectivity index is 2.20. The lowest BCUT2D eigenvalue weighted by atomic mass is 9.83. The van der Waals surface area contributed by atoms with Crippen LogP contribution in [-0.2, 0) is 9.84 Å². The minimum atomic E-state index is -3.32. The maximum atomic E-state index is 12.4. The van der Waals surface area contributed by atoms with Gasteiger partial charge < -0.3 is 5.32 Å². The van der Waals surface area contributed by atoms with Gasteiger partial charge in [-0.1, -0.05) is 25.3 Å². The number of carbonyl (C=O) groups excluding carboxylic acids is 1. The van der Waals surface area contributed by atoms with Crippen molar-refractivity contribution in [2.45, 2.75) is 42.5 Å². The lowest BCUT2D eigenvalue weighted by molar-refractivity contribution is 0.0884. The highest BCUT2D eigenvalue weighted by Crippen LogP contribution is 2.29. The summed E-state index contributed by atoms with van der Waals surface area (Å²) in [6.07, 6.45) is 6.14. The summed E-state index contributed by atoms with van der Waals surface area (Å²) >= 11 is 6.06. The average Bonchev–Trinajstić information content (AvgIpc) is 2.47. The van der Waals surface area contributed by atoms with E-state index in [1.54, 1.807) is 12.1 Å². The predicted octanol–water partition coefficient (Wildman–Crippen LogP) is 2.76. The zero-order valence-corrected chi connectivity index (χ0v) is 13.6. The van der Waals surface area contributed by atoms with E-state index in [4.69, 9.17) is 11.6 Å². The number of amides is 1. The molecule has 0 heterocycles. The Morgan fingerprint density at radius 2 is 1.95 bits per heavy atom. The van der Waals surface area contributed by atoms with Gasteiger partial charge in [-0.3, -0.25) is 4.79 Å². The fourth-order valence-corrected chi connectivity index (χ4v) is 3.70. The molecule has 1 aromatic carbocycles. The second kappa shape index (κ2) is 6.36. The Bertz CT molecular complexity index is 622. The quantitative estimate of drug-likeness (QED) is 0.864. The van der Waals surface area contributed by atoms with Gasteiger partial charge in [-0.25, -0.2) is 8.42 Å². The van der Waals surface area contributed by atoms with Crippen molar-refractivity contribution < 1.29 is 13.2 Å². The fraction of sp³-hybridized carbons (Fsp3) is 0.533. The van der Waals surface area contributed by atoms with Crippen LogP contribution in [0.3, 0.4) is 0 Å². The molecule has 0 aromatic heterocycles. The van der Waals surface area contributed by atoms with E-state index in [-0.39, 0.29) is 16.3 Å². The number of sulfone groups is 1. The Morgan fingerprint density at radius 1 is 1.29 bits per heavy atom. The van der Waals surface area contributed by atoms with Gasteiger partial charge in [0, 0.05) is 17.7 Å². The van der Waals surface area contributed by atoms with Crippen LogP contribution in [0, 0.1) is 0 Å². The molecule has 1 amide bonds. The highest BCUT2D eigenvalue weighted by atomic mass is 35.5. The molecule has 0 unspecified atom stereocenters. The minimum Gasteiger partial charge on any atom is -0.345 e. The molecule has 1 aliphatic carbocycles. The van der Waals surface area contributed by atoms with Crippen LogP contribution in [0.4, 0.5) is 0 Å². The third-order valence-electron chi connectivity index (χ3n) is 3.97. The molecule has 0 aliphatic heterocycles. The van der Waals surface area contributed by atoms with Gasteiger partial charge in [-0.2, -0.15) is 0 Å². The largest absolute Gasteiger partial charge is 0.345 e. The van der Waals surface area contributed by atoms with Crippen molar-refractivity contribution in [1.82, 2.24) is 5.32 Å². The van der Waals surface area contributed by atoms with E-state index in [1.165, 1.54) is 12.1 Å². The van der Waals surface area contributed by atoms with Crippen molar-refractivity contribution in [1.29, 1.82) is 0 Å². The first-order chi connectivity index (χ1) is 9.86. The van der Waals surface area contributed by atoms with Crippen molar-refractivity contribution in [3.63, 3.8) is 0 Å². The minimum absolute atomic E-state index is 0.152. The van der Waals surface area contributed by atoms with Crippen molar-refractivity contribution in [2.75, 3.05) is 12.1 Å². The van der Waals surface area contributed by atoms with Crippen molar-refractivity contribution in [3.05, 3.63) is 29.8 Å². The molecule has 1 aliphatic rings. The molecule has 1 N–H and O–H groups in total. The van der Waals surface area contributed by atoms with Crippen molar-refractivity contribution >= 4 is 27.3 Å². The highest BCUT2D eigenvalue weighted by molar-refractivity contribution is 7.90. The monoisotopic (exact) mass is 329 g/mol. The zero-order chi connectivity index (χ0) is 15.5. The molecule has 1 aromatic rings. The van der Waals surface area contributed by atoms with E-state index in [9.17, 15) is 13.2 Å². The third kappa shape index (κ3) is 3.98. The summed E-state index contributed by atoms with van der Waals surface area (Å²) < 4.78 is 23.1. The van der Waals surface area contributed by atoms with Crippen LogP contribution in [0.5, 0.6) is 0 Å². The number of halogens is 1. The van der Waals surface area contributed by atoms with Gasteiger partial charge in [-0.15, -0.1) is 11.6 Å². The summed E-state index contributed by atoms with van der Waals surface area (Å²) in [5.41, 5.74) is -0.00849. The first-order valence-electron chi connectivity index (χ1n) is 7.05. The number of hydrogen-bond donors (Lipinski definition) is 1. The Labute approximate surface area is 130 Å². The van der Waals surface area contributed by atoms with Crippen LogP contribution in [0.2, 0.25) is 0 Å². The van der Waals surface area contributed by atoms with Gasteiger partial charge in [0.2, 0.25) is 0 Å². The SMILES string of the molecule is CS(=O)(=O)c1cccc(C(=O)NC2(CCl)CCCCC2)c1. The summed E-state index contributed by atoms with van der Waals surface area (Å²) in [4.78, 5) is 12.5. The smallest absolute Gasteiger partial charge is 0.251 e. The Kier molecular flexibility index (Phi) is 4.94. The van der Waals surface area contributed by atoms with Crippen LogP contribution in [0.15, 0.2) is 29.2 Å². The lowest BCUT2D eigenvalue weighted by Gasteiger charge is -2.36. The Hall–Kier alpha value is -1.07. The van der Waals surface area contributed by atoms with Crippen LogP contribution < -0.4 is 5.32 Å². The first kappa shape index (κ1) is 16.3. The number of rotatable bonds is 4. The summed E-state index contributed by atoms with van der Waals surface area (Å²) in [6.45, 7) is 0. The number of carbonyl (C=O) groups is 1. The molecule has 0 radical (unpaired) electrons. The first-order valence-corrected chi connectivity index (χ1v) is 9.48. The number of alkyl halides is 1. The second-order valence-electron chi connectivity index (χ2n) is 5.73. The maximum Gasteiger partial charge on any atom is 0.251 e. The molecule has 0 bridgehead atoms. The molecule has 0 saturated heterocycles. The normalized spacial score (nSPS) is 18.2. The number of nitrogens with one attached hydrogen (secondary N) is 1. The van der Waals surface area contributed by atoms with Crippen LogP contribution in [0.25, 0.3) is 0 Å². The van der Waals surface area contributed by atoms with Gasteiger partial charge in [0.05, 0.1) is 10.4 Å². The van der Waals surface area contributed by atoms with Gasteiger partial charge in [0.1, 0.15) is 0 Å². The van der Waals surface area contributed by atoms with Gasteiger partial charge >= 0.3 is 0 Å². The van der Waals surface area contributed by atoms with Crippen molar-refractivity contribution in [2.24, 2.45) is 0 Å². The summed E-state index contributed by atoms with van der Waals surface area (Å²) in [6, 6.07) is 6.10. The van der Waals surface area contributed by atoms with E-state index in [0.29, 0.717) is 11.4 Å². The van der Waals surface area contributed by atoms with E-state index < -0.39 is 9.84 Å². The van der Waals surface area contributed by atoms with E-state index in [1.807, 2.05) is 0 Å². The van der Waals surface area contributed by atoms with Crippen LogP contribution in [-0.4, -0.2) is 32.0 Å². The standard InChI is InChI=1S/C15H20ClNO3S/c1-21(19,20)13-7-5-6-12(10-13)14(18)17-15(11-16)8-3-2-4-9-15/h5-7,10H,2-4,8-9,11H2,1H3,(H,17,18). The topological polar surface area (TPSA) is 63.2 Å². The average molecular weight is 330 g/mol. The molecule has 1 saturated carbocycles. The van der Waals surface area contributed by atoms with E-state index >= 15 is 0 Å². The molecule has 1 fully saturated rings. The molecule has 0 spiro atoms. The van der Waals surface area contributed by atoms with Crippen LogP contribution >= 0.6 is 11.6 Å². The van der Waals surface area contributed by atoms with Gasteiger partial charge in [-0.05, 0) is 31.0 Å². The molecule has 0 atom stereocenters. The fourth-order valence-electron chi connectivity index (χ4n) is 2.70. The van der Waals surface area contributed by atoms with Gasteiger partial charge in [0.15, 0.2) is 9.84 Å². The highest BCUT2D eigenvalue weighted by Gasteiger charge is 2.33. The predicted molar refractivity (Wildman–Crippen MR) is 83.6 cm³/mol. The molecule has 116 valence electrons.